The molecule has 2 aliphatic carbocycles. The Kier molecular flexibility index (Phi) is 5.88. The Morgan fingerprint density at radius 1 is 1.16 bits per heavy atom. The average Bonchev–Trinajstić information content (AvgIpc) is 3.49. The van der Waals surface area contributed by atoms with Crippen molar-refractivity contribution in [3.63, 3.8) is 0 Å². The number of hydrogen-bond donors (Lipinski definition) is 1. The van der Waals surface area contributed by atoms with E-state index in [0.717, 1.165) is 56.6 Å². The molecule has 0 aromatic heterocycles. The van der Waals surface area contributed by atoms with Gasteiger partial charge in [-0.3, -0.25) is 4.90 Å². The molecule has 31 heavy (non-hydrogen) atoms. The van der Waals surface area contributed by atoms with Crippen LogP contribution in [0.4, 0.5) is 4.79 Å². The lowest BCUT2D eigenvalue weighted by Gasteiger charge is -2.57. The summed E-state index contributed by atoms with van der Waals surface area (Å²) in [5.41, 5.74) is 0.173. The SMILES string of the molecule is CN1CC2CCC1(C(NC(=O)OC(C)(C)C)c1ccc(S(=O)(=O)CC3CC3)cc1)CC2. The third-order valence-electron chi connectivity index (χ3n) is 7.19. The Bertz CT molecular complexity index is 908. The highest BCUT2D eigenvalue weighted by Gasteiger charge is 2.50. The van der Waals surface area contributed by atoms with E-state index in [1.807, 2.05) is 32.9 Å². The van der Waals surface area contributed by atoms with Crippen molar-refractivity contribution in [3.05, 3.63) is 29.8 Å². The van der Waals surface area contributed by atoms with Gasteiger partial charge in [-0.1, -0.05) is 12.1 Å². The first-order valence-electron chi connectivity index (χ1n) is 11.5. The highest BCUT2D eigenvalue weighted by molar-refractivity contribution is 7.91. The summed E-state index contributed by atoms with van der Waals surface area (Å²) >= 11 is 0. The zero-order chi connectivity index (χ0) is 22.4. The van der Waals surface area contributed by atoms with Gasteiger partial charge in [-0.05, 0) is 95.9 Å². The molecular formula is C24H36N2O4S. The molecule has 0 spiro atoms. The molecule has 2 heterocycles. The van der Waals surface area contributed by atoms with Gasteiger partial charge in [-0.25, -0.2) is 13.2 Å². The Hall–Kier alpha value is -1.60. The van der Waals surface area contributed by atoms with Crippen LogP contribution in [-0.4, -0.2) is 49.9 Å². The van der Waals surface area contributed by atoms with Crippen LogP contribution in [0.2, 0.25) is 0 Å². The number of sulfone groups is 1. The lowest BCUT2D eigenvalue weighted by atomic mass is 9.66. The number of nitrogens with zero attached hydrogens (tertiary/aromatic N) is 1. The van der Waals surface area contributed by atoms with Crippen LogP contribution in [0.3, 0.4) is 0 Å². The molecule has 7 heteroatoms. The molecule has 6 nitrogen and oxygen atoms in total. The monoisotopic (exact) mass is 448 g/mol. The molecule has 1 aromatic carbocycles. The number of nitrogens with one attached hydrogen (secondary N) is 1. The summed E-state index contributed by atoms with van der Waals surface area (Å²) in [6, 6.07) is 6.92. The number of hydrogen-bond acceptors (Lipinski definition) is 5. The fourth-order valence-corrected chi connectivity index (χ4v) is 7.03. The van der Waals surface area contributed by atoms with Crippen LogP contribution in [-0.2, 0) is 14.6 Å². The highest BCUT2D eigenvalue weighted by atomic mass is 32.2. The number of piperidine rings is 2. The molecule has 4 aliphatic rings. The van der Waals surface area contributed by atoms with E-state index in [4.69, 9.17) is 4.74 Å². The zero-order valence-electron chi connectivity index (χ0n) is 19.2. The Balaban J connectivity index is 1.63. The number of likely N-dealkylation sites (N-methyl/N-ethyl adjacent to an activating group) is 1. The number of ether oxygens (including phenoxy) is 1. The summed E-state index contributed by atoms with van der Waals surface area (Å²) < 4.78 is 30.9. The minimum atomic E-state index is -3.26. The Morgan fingerprint density at radius 2 is 1.77 bits per heavy atom. The second-order valence-corrected chi connectivity index (χ2v) is 12.8. The number of amides is 1. The first-order chi connectivity index (χ1) is 14.5. The first-order valence-corrected chi connectivity index (χ1v) is 13.2. The van der Waals surface area contributed by atoms with E-state index in [9.17, 15) is 13.2 Å². The minimum absolute atomic E-state index is 0.180. The molecule has 2 bridgehead atoms. The molecule has 1 N–H and O–H groups in total. The number of fused-ring (bicyclic) bond motifs is 3. The van der Waals surface area contributed by atoms with Crippen LogP contribution >= 0.6 is 0 Å². The predicted octanol–water partition coefficient (Wildman–Crippen LogP) is 4.31. The molecule has 2 saturated carbocycles. The molecule has 4 fully saturated rings. The van der Waals surface area contributed by atoms with E-state index in [2.05, 4.69) is 17.3 Å². The van der Waals surface area contributed by atoms with Crippen LogP contribution < -0.4 is 5.32 Å². The van der Waals surface area contributed by atoms with E-state index in [-0.39, 0.29) is 17.3 Å². The van der Waals surface area contributed by atoms with Crippen molar-refractivity contribution < 1.29 is 17.9 Å². The van der Waals surface area contributed by atoms with E-state index < -0.39 is 21.5 Å². The van der Waals surface area contributed by atoms with Gasteiger partial charge in [0.25, 0.3) is 0 Å². The molecule has 1 amide bonds. The van der Waals surface area contributed by atoms with Crippen LogP contribution in [0.15, 0.2) is 29.2 Å². The van der Waals surface area contributed by atoms with Gasteiger partial charge in [0, 0.05) is 12.1 Å². The lowest BCUT2D eigenvalue weighted by Crippen LogP contribution is -2.62. The molecule has 1 unspecified atom stereocenters. The van der Waals surface area contributed by atoms with E-state index in [1.54, 1.807) is 12.1 Å². The van der Waals surface area contributed by atoms with Crippen LogP contribution in [0.25, 0.3) is 0 Å². The van der Waals surface area contributed by atoms with Crippen molar-refractivity contribution >= 4 is 15.9 Å². The number of alkyl carbamates (subject to hydrolysis) is 1. The van der Waals surface area contributed by atoms with Crippen LogP contribution in [0, 0.1) is 11.8 Å². The quantitative estimate of drug-likeness (QED) is 0.702. The molecule has 2 aliphatic heterocycles. The topological polar surface area (TPSA) is 75.7 Å². The van der Waals surface area contributed by atoms with Crippen molar-refractivity contribution in [1.82, 2.24) is 10.2 Å². The van der Waals surface area contributed by atoms with E-state index in [1.165, 1.54) is 0 Å². The van der Waals surface area contributed by atoms with Crippen molar-refractivity contribution in [2.75, 3.05) is 19.3 Å². The van der Waals surface area contributed by atoms with Crippen LogP contribution in [0.1, 0.15) is 70.9 Å². The standard InChI is InChI=1S/C24H36N2O4S/c1-23(2,3)30-22(27)25-21(24-13-11-17(12-14-24)15-26(24)4)19-7-9-20(10-8-19)31(28,29)16-18-5-6-18/h7-10,17-18,21H,5-6,11-16H2,1-4H3,(H,25,27). The Morgan fingerprint density at radius 3 is 2.29 bits per heavy atom. The van der Waals surface area contributed by atoms with Gasteiger partial charge in [-0.2, -0.15) is 0 Å². The van der Waals surface area contributed by atoms with E-state index >= 15 is 0 Å². The molecule has 5 rings (SSSR count). The highest BCUT2D eigenvalue weighted by Crippen LogP contribution is 2.49. The van der Waals surface area contributed by atoms with Gasteiger partial charge in [0.05, 0.1) is 16.7 Å². The Labute approximate surface area is 186 Å². The van der Waals surface area contributed by atoms with Gasteiger partial charge in [0.2, 0.25) is 0 Å². The largest absolute Gasteiger partial charge is 0.444 e. The summed E-state index contributed by atoms with van der Waals surface area (Å²) in [5.74, 6) is 1.28. The van der Waals surface area contributed by atoms with Crippen molar-refractivity contribution in [1.29, 1.82) is 0 Å². The number of rotatable bonds is 6. The van der Waals surface area contributed by atoms with Gasteiger partial charge < -0.3 is 10.1 Å². The fraction of sp³-hybridized carbons (Fsp3) is 0.708. The van der Waals surface area contributed by atoms with Crippen LogP contribution in [0.5, 0.6) is 0 Å². The zero-order valence-corrected chi connectivity index (χ0v) is 20.0. The smallest absolute Gasteiger partial charge is 0.408 e. The summed E-state index contributed by atoms with van der Waals surface area (Å²) in [6.45, 7) is 6.60. The molecule has 0 radical (unpaired) electrons. The van der Waals surface area contributed by atoms with Crippen molar-refractivity contribution in [3.8, 4) is 0 Å². The van der Waals surface area contributed by atoms with Crippen molar-refractivity contribution in [2.45, 2.75) is 81.4 Å². The molecule has 1 atom stereocenters. The lowest BCUT2D eigenvalue weighted by molar-refractivity contribution is -0.0442. The maximum Gasteiger partial charge on any atom is 0.408 e. The third-order valence-corrected chi connectivity index (χ3v) is 9.09. The summed E-state index contributed by atoms with van der Waals surface area (Å²) in [4.78, 5) is 15.5. The second-order valence-electron chi connectivity index (χ2n) is 10.8. The summed E-state index contributed by atoms with van der Waals surface area (Å²) in [7, 11) is -1.12. The normalized spacial score (nSPS) is 27.7. The maximum atomic E-state index is 12.8. The third kappa shape index (κ3) is 4.92. The fourth-order valence-electron chi connectivity index (χ4n) is 5.33. The summed E-state index contributed by atoms with van der Waals surface area (Å²) in [5, 5.41) is 3.15. The van der Waals surface area contributed by atoms with E-state index in [0.29, 0.717) is 10.8 Å². The maximum absolute atomic E-state index is 12.8. The number of carbonyl (C=O) groups is 1. The number of benzene rings is 1. The molecule has 172 valence electrons. The molecule has 2 saturated heterocycles. The predicted molar refractivity (Wildman–Crippen MR) is 121 cm³/mol. The van der Waals surface area contributed by atoms with Gasteiger partial charge in [0.1, 0.15) is 5.60 Å². The molecule has 1 aromatic rings. The summed E-state index contributed by atoms with van der Waals surface area (Å²) in [6.07, 6.45) is 5.92. The van der Waals surface area contributed by atoms with Gasteiger partial charge >= 0.3 is 6.09 Å². The second kappa shape index (κ2) is 8.07. The molecular weight excluding hydrogens is 412 g/mol. The minimum Gasteiger partial charge on any atom is -0.444 e. The average molecular weight is 449 g/mol. The van der Waals surface area contributed by atoms with Crippen molar-refractivity contribution in [2.24, 2.45) is 11.8 Å². The van der Waals surface area contributed by atoms with Gasteiger partial charge in [-0.15, -0.1) is 0 Å². The first kappa shape index (κ1) is 22.6. The van der Waals surface area contributed by atoms with Gasteiger partial charge in [0.15, 0.2) is 9.84 Å². The number of carbonyl (C=O) groups excluding carboxylic acids is 1.